The topological polar surface area (TPSA) is 68.5 Å². The Morgan fingerprint density at radius 3 is 2.54 bits per heavy atom. The Kier molecular flexibility index (Phi) is 5.37. The number of para-hydroxylation sites is 1. The number of rotatable bonds is 6. The van der Waals surface area contributed by atoms with Gasteiger partial charge in [-0.05, 0) is 42.2 Å². The Morgan fingerprint density at radius 1 is 1.12 bits per heavy atom. The third-order valence-electron chi connectivity index (χ3n) is 4.34. The predicted octanol–water partition coefficient (Wildman–Crippen LogP) is 4.74. The lowest BCUT2D eigenvalue weighted by Crippen LogP contribution is -2.20. The maximum atomic E-state index is 12.0. The van der Waals surface area contributed by atoms with Gasteiger partial charge in [-0.3, -0.25) is 4.79 Å². The second-order valence-corrected chi connectivity index (χ2v) is 6.20. The minimum atomic E-state index is -0.663. The Balaban J connectivity index is 1.54. The van der Waals surface area contributed by atoms with Crippen molar-refractivity contribution in [3.63, 3.8) is 0 Å². The van der Waals surface area contributed by atoms with Gasteiger partial charge in [0.05, 0.1) is 0 Å². The summed E-state index contributed by atoms with van der Waals surface area (Å²) in [6, 6.07) is 16.6. The van der Waals surface area contributed by atoms with Crippen molar-refractivity contribution in [1.29, 1.82) is 0 Å². The average molecular weight is 351 g/mol. The van der Waals surface area contributed by atoms with Crippen molar-refractivity contribution in [2.45, 2.75) is 26.2 Å². The highest BCUT2D eigenvalue weighted by Gasteiger charge is 2.15. The number of amides is 1. The fourth-order valence-electron chi connectivity index (χ4n) is 2.61. The van der Waals surface area contributed by atoms with Crippen molar-refractivity contribution in [2.24, 2.45) is 0 Å². The molecule has 0 saturated carbocycles. The van der Waals surface area contributed by atoms with E-state index in [1.165, 1.54) is 5.56 Å². The number of furan rings is 1. The minimum Gasteiger partial charge on any atom is -0.450 e. The van der Waals surface area contributed by atoms with Gasteiger partial charge in [0.2, 0.25) is 5.76 Å². The van der Waals surface area contributed by atoms with E-state index in [0.29, 0.717) is 17.2 Å². The summed E-state index contributed by atoms with van der Waals surface area (Å²) >= 11 is 0. The highest BCUT2D eigenvalue weighted by Crippen LogP contribution is 2.21. The van der Waals surface area contributed by atoms with Crippen LogP contribution in [-0.4, -0.2) is 18.5 Å². The Morgan fingerprint density at radius 2 is 1.85 bits per heavy atom. The molecule has 0 spiro atoms. The van der Waals surface area contributed by atoms with E-state index in [1.807, 2.05) is 42.5 Å². The highest BCUT2D eigenvalue weighted by atomic mass is 16.5. The van der Waals surface area contributed by atoms with Crippen LogP contribution in [-0.2, 0) is 9.53 Å². The molecule has 0 unspecified atom stereocenters. The summed E-state index contributed by atoms with van der Waals surface area (Å²) in [5.41, 5.74) is 2.49. The molecule has 3 rings (SSSR count). The quantitative estimate of drug-likeness (QED) is 0.651. The van der Waals surface area contributed by atoms with Gasteiger partial charge in [-0.1, -0.05) is 44.2 Å². The zero-order chi connectivity index (χ0) is 18.5. The third-order valence-corrected chi connectivity index (χ3v) is 4.34. The van der Waals surface area contributed by atoms with E-state index in [-0.39, 0.29) is 12.4 Å². The molecule has 0 aliphatic heterocycles. The fraction of sp³-hybridized carbons (Fsp3) is 0.238. The molecule has 0 saturated heterocycles. The molecular weight excluding hydrogens is 330 g/mol. The summed E-state index contributed by atoms with van der Waals surface area (Å²) in [5, 5.41) is 3.52. The highest BCUT2D eigenvalue weighted by molar-refractivity contribution is 5.96. The van der Waals surface area contributed by atoms with Crippen molar-refractivity contribution in [1.82, 2.24) is 0 Å². The van der Waals surface area contributed by atoms with E-state index in [4.69, 9.17) is 9.15 Å². The van der Waals surface area contributed by atoms with Crippen molar-refractivity contribution in [3.8, 4) is 0 Å². The molecule has 1 amide bonds. The first-order valence-electron chi connectivity index (χ1n) is 8.62. The van der Waals surface area contributed by atoms with Crippen LogP contribution in [0.4, 0.5) is 5.69 Å². The number of anilines is 1. The van der Waals surface area contributed by atoms with Crippen LogP contribution >= 0.6 is 0 Å². The van der Waals surface area contributed by atoms with Crippen LogP contribution in [0, 0.1) is 0 Å². The molecule has 0 radical (unpaired) electrons. The molecule has 26 heavy (non-hydrogen) atoms. The molecule has 5 nitrogen and oxygen atoms in total. The van der Waals surface area contributed by atoms with E-state index in [9.17, 15) is 9.59 Å². The lowest BCUT2D eigenvalue weighted by Gasteiger charge is -2.10. The first-order valence-corrected chi connectivity index (χ1v) is 8.62. The summed E-state index contributed by atoms with van der Waals surface area (Å²) in [7, 11) is 0. The number of hydrogen-bond acceptors (Lipinski definition) is 4. The van der Waals surface area contributed by atoms with Crippen molar-refractivity contribution < 1.29 is 18.7 Å². The largest absolute Gasteiger partial charge is 0.450 e. The van der Waals surface area contributed by atoms with Gasteiger partial charge in [0.1, 0.15) is 5.58 Å². The molecule has 1 aromatic heterocycles. The Bertz CT molecular complexity index is 878. The van der Waals surface area contributed by atoms with Gasteiger partial charge >= 0.3 is 5.97 Å². The number of carbonyl (C=O) groups excluding carboxylic acids is 2. The van der Waals surface area contributed by atoms with Gasteiger partial charge in [-0.25, -0.2) is 4.79 Å². The number of esters is 1. The first-order chi connectivity index (χ1) is 12.6. The predicted molar refractivity (Wildman–Crippen MR) is 100 cm³/mol. The van der Waals surface area contributed by atoms with Crippen molar-refractivity contribution in [3.05, 3.63) is 65.9 Å². The van der Waals surface area contributed by atoms with Crippen LogP contribution in [0.15, 0.2) is 59.0 Å². The maximum absolute atomic E-state index is 12.0. The average Bonchev–Trinajstić information content (AvgIpc) is 3.10. The molecule has 3 aromatic rings. The van der Waals surface area contributed by atoms with E-state index in [2.05, 4.69) is 19.2 Å². The summed E-state index contributed by atoms with van der Waals surface area (Å²) in [6.45, 7) is 3.92. The summed E-state index contributed by atoms with van der Waals surface area (Å²) in [4.78, 5) is 24.0. The number of benzene rings is 2. The smallest absolute Gasteiger partial charge is 0.374 e. The molecule has 1 heterocycles. The van der Waals surface area contributed by atoms with E-state index < -0.39 is 11.9 Å². The van der Waals surface area contributed by atoms with E-state index in [0.717, 1.165) is 11.8 Å². The number of ether oxygens (including phenoxy) is 1. The van der Waals surface area contributed by atoms with Gasteiger partial charge < -0.3 is 14.5 Å². The summed E-state index contributed by atoms with van der Waals surface area (Å²) < 4.78 is 10.4. The number of hydrogen-bond donors (Lipinski definition) is 1. The summed E-state index contributed by atoms with van der Waals surface area (Å²) in [6.07, 6.45) is 1.06. The normalized spacial score (nSPS) is 11.9. The monoisotopic (exact) mass is 351 g/mol. The molecule has 1 atom stereocenters. The van der Waals surface area contributed by atoms with Crippen LogP contribution in [0.2, 0.25) is 0 Å². The molecule has 5 heteroatoms. The van der Waals surface area contributed by atoms with Crippen LogP contribution in [0.5, 0.6) is 0 Å². The van der Waals surface area contributed by atoms with Crippen molar-refractivity contribution in [2.75, 3.05) is 11.9 Å². The van der Waals surface area contributed by atoms with Gasteiger partial charge in [0.25, 0.3) is 5.91 Å². The van der Waals surface area contributed by atoms with Gasteiger partial charge in [0.15, 0.2) is 6.61 Å². The van der Waals surface area contributed by atoms with Crippen LogP contribution in [0.1, 0.15) is 42.3 Å². The lowest BCUT2D eigenvalue weighted by atomic mass is 9.99. The van der Waals surface area contributed by atoms with E-state index >= 15 is 0 Å². The molecule has 0 aliphatic rings. The maximum Gasteiger partial charge on any atom is 0.374 e. The van der Waals surface area contributed by atoms with Crippen LogP contribution in [0.25, 0.3) is 11.0 Å². The van der Waals surface area contributed by atoms with Gasteiger partial charge in [-0.2, -0.15) is 0 Å². The molecule has 134 valence electrons. The standard InChI is InChI=1S/C21H21NO4/c1-3-14(2)15-8-10-17(11-9-15)22-20(23)13-25-21(24)19-12-16-6-4-5-7-18(16)26-19/h4-12,14H,3,13H2,1-2H3,(H,22,23)/t14-/m1/s1. The molecule has 0 aliphatic carbocycles. The number of fused-ring (bicyclic) bond motifs is 1. The molecule has 1 N–H and O–H groups in total. The second-order valence-electron chi connectivity index (χ2n) is 6.20. The van der Waals surface area contributed by atoms with E-state index in [1.54, 1.807) is 12.1 Å². The first kappa shape index (κ1) is 17.7. The van der Waals surface area contributed by atoms with Gasteiger partial charge in [-0.15, -0.1) is 0 Å². The van der Waals surface area contributed by atoms with Crippen LogP contribution in [0.3, 0.4) is 0 Å². The molecular formula is C21H21NO4. The second kappa shape index (κ2) is 7.87. The minimum absolute atomic E-state index is 0.0805. The van der Waals surface area contributed by atoms with Crippen LogP contribution < -0.4 is 5.32 Å². The summed E-state index contributed by atoms with van der Waals surface area (Å²) in [5.74, 6) is -0.504. The fourth-order valence-corrected chi connectivity index (χ4v) is 2.61. The third kappa shape index (κ3) is 4.11. The number of nitrogens with one attached hydrogen (secondary N) is 1. The van der Waals surface area contributed by atoms with Gasteiger partial charge in [0, 0.05) is 11.1 Å². The number of carbonyl (C=O) groups is 2. The SMILES string of the molecule is CC[C@@H](C)c1ccc(NC(=O)COC(=O)c2cc3ccccc3o2)cc1. The lowest BCUT2D eigenvalue weighted by molar-refractivity contribution is -0.119. The molecule has 0 bridgehead atoms. The van der Waals surface area contributed by atoms with Crippen molar-refractivity contribution >= 4 is 28.5 Å². The molecule has 0 fully saturated rings. The zero-order valence-corrected chi connectivity index (χ0v) is 14.8. The Labute approximate surface area is 152 Å². The Hall–Kier alpha value is -3.08. The zero-order valence-electron chi connectivity index (χ0n) is 14.8. The molecule has 2 aromatic carbocycles.